The summed E-state index contributed by atoms with van der Waals surface area (Å²) >= 11 is 0. The predicted octanol–water partition coefficient (Wildman–Crippen LogP) is 3.08. The molecule has 2 aromatic carbocycles. The number of aromatic hydroxyl groups is 1. The Morgan fingerprint density at radius 3 is 2.48 bits per heavy atom. The standard InChI is InChI=1S/C26H23F4N5O5/c1-2-40-23-14(10-20(31)37)9-19(34-22(23)13-3-5-17(27)6-4-13)25(39,26(28,29)30)12-32-24(38)15-7-16-11-33-35-21(16)18(36)8-15/h3-9,11,36,39H,2,10,12H2,1H3,(H2,31,37)(H,32,38)(H,33,35)/t25-/m0/s1. The average molecular weight is 561 g/mol. The number of nitrogens with zero attached hydrogens (tertiary/aromatic N) is 2. The van der Waals surface area contributed by atoms with Crippen LogP contribution in [0.2, 0.25) is 0 Å². The Bertz CT molecular complexity index is 1570. The summed E-state index contributed by atoms with van der Waals surface area (Å²) < 4.78 is 62.5. The predicted molar refractivity (Wildman–Crippen MR) is 134 cm³/mol. The zero-order valence-electron chi connectivity index (χ0n) is 20.8. The fraction of sp³-hybridized carbons (Fsp3) is 0.231. The van der Waals surface area contributed by atoms with Crippen LogP contribution in [0.25, 0.3) is 22.2 Å². The van der Waals surface area contributed by atoms with Crippen molar-refractivity contribution in [3.8, 4) is 22.8 Å². The summed E-state index contributed by atoms with van der Waals surface area (Å²) in [5, 5.41) is 29.7. The molecule has 0 aliphatic heterocycles. The molecule has 2 aromatic heterocycles. The van der Waals surface area contributed by atoms with Gasteiger partial charge in [0.2, 0.25) is 11.5 Å². The van der Waals surface area contributed by atoms with Gasteiger partial charge < -0.3 is 26.0 Å². The van der Waals surface area contributed by atoms with Crippen molar-refractivity contribution in [2.75, 3.05) is 13.2 Å². The second-order valence-corrected chi connectivity index (χ2v) is 8.80. The van der Waals surface area contributed by atoms with Crippen molar-refractivity contribution in [3.63, 3.8) is 0 Å². The minimum absolute atomic E-state index is 0.0361. The van der Waals surface area contributed by atoms with Gasteiger partial charge in [-0.25, -0.2) is 9.37 Å². The fourth-order valence-corrected chi connectivity index (χ4v) is 4.04. The number of primary amides is 1. The molecule has 1 atom stereocenters. The highest BCUT2D eigenvalue weighted by Gasteiger charge is 2.56. The number of ether oxygens (including phenoxy) is 1. The van der Waals surface area contributed by atoms with Crippen LogP contribution in [0.15, 0.2) is 48.7 Å². The van der Waals surface area contributed by atoms with Gasteiger partial charge in [-0.15, -0.1) is 0 Å². The number of nitrogens with one attached hydrogen (secondary N) is 2. The summed E-state index contributed by atoms with van der Waals surface area (Å²) in [4.78, 5) is 28.6. The number of aliphatic hydroxyl groups is 1. The molecule has 4 rings (SSSR count). The Labute approximate surface area is 223 Å². The first-order valence-electron chi connectivity index (χ1n) is 11.8. The van der Waals surface area contributed by atoms with Crippen LogP contribution in [0, 0.1) is 5.82 Å². The largest absolute Gasteiger partial charge is 0.506 e. The van der Waals surface area contributed by atoms with Crippen molar-refractivity contribution < 1.29 is 42.1 Å². The fourth-order valence-electron chi connectivity index (χ4n) is 4.04. The number of pyridine rings is 1. The normalized spacial score (nSPS) is 13.2. The summed E-state index contributed by atoms with van der Waals surface area (Å²) in [5.41, 5.74) is 0.437. The van der Waals surface area contributed by atoms with E-state index < -0.39 is 48.1 Å². The molecule has 0 saturated carbocycles. The maximum Gasteiger partial charge on any atom is 0.424 e. The number of nitrogens with two attached hydrogens (primary N) is 1. The maximum atomic E-state index is 14.4. The summed E-state index contributed by atoms with van der Waals surface area (Å²) in [5.74, 6) is -3.00. The summed E-state index contributed by atoms with van der Waals surface area (Å²) in [6, 6.07) is 7.72. The lowest BCUT2D eigenvalue weighted by Crippen LogP contribution is -2.51. The number of carbonyl (C=O) groups is 2. The van der Waals surface area contributed by atoms with Crippen LogP contribution in [0.3, 0.4) is 0 Å². The molecule has 0 spiro atoms. The van der Waals surface area contributed by atoms with E-state index in [9.17, 15) is 37.4 Å². The van der Waals surface area contributed by atoms with E-state index in [1.807, 2.05) is 5.32 Å². The lowest BCUT2D eigenvalue weighted by molar-refractivity contribution is -0.265. The summed E-state index contributed by atoms with van der Waals surface area (Å²) in [6.07, 6.45) is -4.64. The van der Waals surface area contributed by atoms with Crippen LogP contribution in [-0.2, 0) is 16.8 Å². The maximum absolute atomic E-state index is 14.4. The number of aromatic amines is 1. The molecule has 0 radical (unpaired) electrons. The molecular weight excluding hydrogens is 538 g/mol. The Morgan fingerprint density at radius 1 is 1.15 bits per heavy atom. The van der Waals surface area contributed by atoms with Gasteiger partial charge in [0.1, 0.15) is 28.5 Å². The molecule has 14 heteroatoms. The lowest BCUT2D eigenvalue weighted by atomic mass is 9.93. The van der Waals surface area contributed by atoms with Gasteiger partial charge in [0.25, 0.3) is 5.91 Å². The Balaban J connectivity index is 1.80. The molecule has 0 bridgehead atoms. The Kier molecular flexibility index (Phi) is 7.64. The van der Waals surface area contributed by atoms with Crippen molar-refractivity contribution in [1.29, 1.82) is 0 Å². The van der Waals surface area contributed by atoms with Gasteiger partial charge in [-0.1, -0.05) is 0 Å². The third kappa shape index (κ3) is 5.52. The van der Waals surface area contributed by atoms with Crippen LogP contribution >= 0.6 is 0 Å². The minimum Gasteiger partial charge on any atom is -0.506 e. The molecule has 6 N–H and O–H groups in total. The minimum atomic E-state index is -5.37. The van der Waals surface area contributed by atoms with Gasteiger partial charge in [-0.05, 0) is 49.4 Å². The van der Waals surface area contributed by atoms with E-state index in [0.717, 1.165) is 24.3 Å². The molecule has 0 saturated heterocycles. The molecule has 4 aromatic rings. The second-order valence-electron chi connectivity index (χ2n) is 8.80. The van der Waals surface area contributed by atoms with Crippen molar-refractivity contribution in [2.24, 2.45) is 5.73 Å². The molecule has 0 unspecified atom stereocenters. The average Bonchev–Trinajstić information content (AvgIpc) is 3.37. The van der Waals surface area contributed by atoms with Gasteiger partial charge in [0.05, 0.1) is 31.5 Å². The first kappa shape index (κ1) is 28.3. The molecule has 0 aliphatic carbocycles. The smallest absolute Gasteiger partial charge is 0.424 e. The van der Waals surface area contributed by atoms with E-state index in [4.69, 9.17) is 10.5 Å². The van der Waals surface area contributed by atoms with E-state index >= 15 is 0 Å². The van der Waals surface area contributed by atoms with E-state index in [0.29, 0.717) is 5.39 Å². The molecule has 2 heterocycles. The number of alkyl halides is 3. The summed E-state index contributed by atoms with van der Waals surface area (Å²) in [6.45, 7) is 0.241. The van der Waals surface area contributed by atoms with Crippen molar-refractivity contribution in [2.45, 2.75) is 25.1 Å². The molecule has 2 amide bonds. The van der Waals surface area contributed by atoms with Crippen molar-refractivity contribution in [1.82, 2.24) is 20.5 Å². The van der Waals surface area contributed by atoms with E-state index in [1.165, 1.54) is 24.4 Å². The first-order valence-corrected chi connectivity index (χ1v) is 11.8. The molecule has 0 aliphatic rings. The number of hydrogen-bond donors (Lipinski definition) is 5. The zero-order chi connectivity index (χ0) is 29.2. The van der Waals surface area contributed by atoms with Crippen LogP contribution in [-0.4, -0.2) is 56.5 Å². The number of phenols is 1. The van der Waals surface area contributed by atoms with E-state index in [2.05, 4.69) is 15.2 Å². The van der Waals surface area contributed by atoms with Crippen LogP contribution < -0.4 is 15.8 Å². The number of carbonyl (C=O) groups excluding carboxylic acids is 2. The van der Waals surface area contributed by atoms with Crippen LogP contribution in [0.1, 0.15) is 28.5 Å². The number of rotatable bonds is 9. The van der Waals surface area contributed by atoms with Crippen LogP contribution in [0.4, 0.5) is 17.6 Å². The molecule has 40 heavy (non-hydrogen) atoms. The first-order chi connectivity index (χ1) is 18.8. The van der Waals surface area contributed by atoms with Gasteiger partial charge in [0, 0.05) is 22.1 Å². The highest BCUT2D eigenvalue weighted by molar-refractivity contribution is 5.99. The lowest BCUT2D eigenvalue weighted by Gasteiger charge is -2.31. The molecule has 10 nitrogen and oxygen atoms in total. The molecule has 0 fully saturated rings. The van der Waals surface area contributed by atoms with E-state index in [-0.39, 0.29) is 46.0 Å². The van der Waals surface area contributed by atoms with Gasteiger partial charge in [-0.3, -0.25) is 14.7 Å². The number of halogens is 4. The number of amides is 2. The highest BCUT2D eigenvalue weighted by Crippen LogP contribution is 2.42. The monoisotopic (exact) mass is 561 g/mol. The zero-order valence-corrected chi connectivity index (χ0v) is 20.8. The Morgan fingerprint density at radius 2 is 1.85 bits per heavy atom. The van der Waals surface area contributed by atoms with Gasteiger partial charge >= 0.3 is 6.18 Å². The van der Waals surface area contributed by atoms with E-state index in [1.54, 1.807) is 6.92 Å². The highest BCUT2D eigenvalue weighted by atomic mass is 19.4. The number of aromatic nitrogens is 3. The SMILES string of the molecule is CCOc1c(CC(N)=O)cc([C@@](O)(CNC(=O)c2cc(O)c3[nH]ncc3c2)C(F)(F)F)nc1-c1ccc(F)cc1. The molecule has 210 valence electrons. The number of phenolic OH excluding ortho intramolecular Hbond substituents is 1. The topological polar surface area (TPSA) is 163 Å². The number of hydrogen-bond acceptors (Lipinski definition) is 7. The van der Waals surface area contributed by atoms with Gasteiger partial charge in [0.15, 0.2) is 0 Å². The Hall–Kier alpha value is -4.72. The quantitative estimate of drug-likeness (QED) is 0.196. The molecular formula is C26H23F4N5O5. The number of benzene rings is 2. The van der Waals surface area contributed by atoms with Crippen LogP contribution in [0.5, 0.6) is 11.5 Å². The van der Waals surface area contributed by atoms with Gasteiger partial charge in [-0.2, -0.15) is 18.3 Å². The third-order valence-corrected chi connectivity index (χ3v) is 6.01. The van der Waals surface area contributed by atoms with Crippen molar-refractivity contribution in [3.05, 3.63) is 71.3 Å². The summed E-state index contributed by atoms with van der Waals surface area (Å²) in [7, 11) is 0. The van der Waals surface area contributed by atoms with Crippen molar-refractivity contribution >= 4 is 22.7 Å². The number of H-pyrrole nitrogens is 1. The second kappa shape index (κ2) is 10.8. The third-order valence-electron chi connectivity index (χ3n) is 6.01. The number of fused-ring (bicyclic) bond motifs is 1.